The lowest BCUT2D eigenvalue weighted by molar-refractivity contribution is -0.108. The predicted molar refractivity (Wildman–Crippen MR) is 70.0 cm³/mol. The fourth-order valence-corrected chi connectivity index (χ4v) is 2.38. The van der Waals surface area contributed by atoms with Gasteiger partial charge in [0.15, 0.2) is 17.6 Å². The van der Waals surface area contributed by atoms with Gasteiger partial charge in [-0.3, -0.25) is 0 Å². The molecule has 4 nitrogen and oxygen atoms in total. The first-order valence-electron chi connectivity index (χ1n) is 6.49. The van der Waals surface area contributed by atoms with Gasteiger partial charge >= 0.3 is 0 Å². The lowest BCUT2D eigenvalue weighted by Gasteiger charge is -2.37. The average Bonchev–Trinajstić information content (AvgIpc) is 2.49. The number of para-hydroxylation sites is 2. The minimum atomic E-state index is -0.672. The van der Waals surface area contributed by atoms with Crippen LogP contribution in [0.1, 0.15) is 26.2 Å². The van der Waals surface area contributed by atoms with Crippen LogP contribution in [-0.4, -0.2) is 19.0 Å². The van der Waals surface area contributed by atoms with E-state index >= 15 is 0 Å². The van der Waals surface area contributed by atoms with Crippen LogP contribution in [0.4, 0.5) is 0 Å². The standard InChI is InChI=1S/C15H17NO3/c1-2-15(11-16,8-5-9-17)14-10-18-12-6-3-4-7-13(12)19-14/h3-4,6-7,9,14H,2,5,8,10H2,1H3. The molecule has 0 aromatic heterocycles. The minimum absolute atomic E-state index is 0.336. The van der Waals surface area contributed by atoms with E-state index < -0.39 is 5.41 Å². The van der Waals surface area contributed by atoms with Crippen LogP contribution in [0.3, 0.4) is 0 Å². The summed E-state index contributed by atoms with van der Waals surface area (Å²) in [5.41, 5.74) is -0.672. The monoisotopic (exact) mass is 259 g/mol. The van der Waals surface area contributed by atoms with E-state index in [0.29, 0.717) is 37.4 Å². The van der Waals surface area contributed by atoms with Gasteiger partial charge in [0.1, 0.15) is 12.9 Å². The van der Waals surface area contributed by atoms with Crippen molar-refractivity contribution in [1.82, 2.24) is 0 Å². The van der Waals surface area contributed by atoms with E-state index in [1.54, 1.807) is 0 Å². The summed E-state index contributed by atoms with van der Waals surface area (Å²) in [4.78, 5) is 10.6. The molecule has 0 fully saturated rings. The molecule has 0 amide bonds. The molecule has 0 spiro atoms. The zero-order valence-electron chi connectivity index (χ0n) is 11.0. The third kappa shape index (κ3) is 2.55. The summed E-state index contributed by atoms with van der Waals surface area (Å²) in [6, 6.07) is 9.77. The van der Waals surface area contributed by atoms with Crippen LogP contribution in [0, 0.1) is 16.7 Å². The molecule has 1 aromatic rings. The van der Waals surface area contributed by atoms with Gasteiger partial charge in [-0.15, -0.1) is 0 Å². The van der Waals surface area contributed by atoms with E-state index in [1.165, 1.54) is 0 Å². The largest absolute Gasteiger partial charge is 0.486 e. The molecule has 1 heterocycles. The molecule has 4 heteroatoms. The first kappa shape index (κ1) is 13.4. The summed E-state index contributed by atoms with van der Waals surface area (Å²) in [6.07, 6.45) is 2.01. The van der Waals surface area contributed by atoms with Gasteiger partial charge in [0.2, 0.25) is 0 Å². The maximum atomic E-state index is 10.6. The first-order valence-corrected chi connectivity index (χ1v) is 6.49. The molecule has 100 valence electrons. The Morgan fingerprint density at radius 2 is 2.21 bits per heavy atom. The van der Waals surface area contributed by atoms with Gasteiger partial charge in [0, 0.05) is 6.42 Å². The second kappa shape index (κ2) is 5.75. The van der Waals surface area contributed by atoms with Crippen molar-refractivity contribution in [3.05, 3.63) is 24.3 Å². The molecule has 1 aromatic carbocycles. The number of nitriles is 1. The molecule has 0 N–H and O–H groups in total. The molecule has 2 unspecified atom stereocenters. The Kier molecular flexibility index (Phi) is 4.06. The van der Waals surface area contributed by atoms with Gasteiger partial charge < -0.3 is 14.3 Å². The van der Waals surface area contributed by atoms with Crippen molar-refractivity contribution >= 4 is 6.29 Å². The number of hydrogen-bond donors (Lipinski definition) is 0. The number of fused-ring (bicyclic) bond motifs is 1. The van der Waals surface area contributed by atoms with E-state index in [-0.39, 0.29) is 6.10 Å². The highest BCUT2D eigenvalue weighted by Gasteiger charge is 2.41. The Hall–Kier alpha value is -2.02. The summed E-state index contributed by atoms with van der Waals surface area (Å²) in [6.45, 7) is 2.29. The van der Waals surface area contributed by atoms with Crippen molar-refractivity contribution in [2.24, 2.45) is 5.41 Å². The molecule has 2 rings (SSSR count). The van der Waals surface area contributed by atoms with Gasteiger partial charge in [-0.25, -0.2) is 0 Å². The van der Waals surface area contributed by atoms with Crippen LogP contribution in [0.25, 0.3) is 0 Å². The quantitative estimate of drug-likeness (QED) is 0.763. The van der Waals surface area contributed by atoms with Gasteiger partial charge in [0.05, 0.1) is 11.5 Å². The highest BCUT2D eigenvalue weighted by molar-refractivity contribution is 5.49. The molecular formula is C15H17NO3. The molecule has 0 saturated carbocycles. The van der Waals surface area contributed by atoms with Crippen molar-refractivity contribution < 1.29 is 14.3 Å². The fourth-order valence-electron chi connectivity index (χ4n) is 2.38. The van der Waals surface area contributed by atoms with Crippen LogP contribution in [0.5, 0.6) is 11.5 Å². The zero-order chi connectivity index (χ0) is 13.7. The third-order valence-electron chi connectivity index (χ3n) is 3.69. The Morgan fingerprint density at radius 1 is 1.47 bits per heavy atom. The predicted octanol–water partition coefficient (Wildman–Crippen LogP) is 2.73. The Morgan fingerprint density at radius 3 is 2.84 bits per heavy atom. The summed E-state index contributed by atoms with van der Waals surface area (Å²) < 4.78 is 11.6. The topological polar surface area (TPSA) is 59.3 Å². The molecule has 0 radical (unpaired) electrons. The SMILES string of the molecule is CCC(C#N)(CCC=O)C1COc2ccccc2O1. The summed E-state index contributed by atoms with van der Waals surface area (Å²) in [7, 11) is 0. The number of ether oxygens (including phenoxy) is 2. The highest BCUT2D eigenvalue weighted by Crippen LogP contribution is 2.40. The van der Waals surface area contributed by atoms with Crippen LogP contribution < -0.4 is 9.47 Å². The molecule has 0 aliphatic carbocycles. The van der Waals surface area contributed by atoms with Crippen LogP contribution in [-0.2, 0) is 4.79 Å². The summed E-state index contributed by atoms with van der Waals surface area (Å²) in [5.74, 6) is 1.37. The number of carbonyl (C=O) groups excluding carboxylic acids is 1. The average molecular weight is 259 g/mol. The molecular weight excluding hydrogens is 242 g/mol. The van der Waals surface area contributed by atoms with E-state index in [4.69, 9.17) is 9.47 Å². The smallest absolute Gasteiger partial charge is 0.161 e. The van der Waals surface area contributed by atoms with Crippen LogP contribution in [0.15, 0.2) is 24.3 Å². The van der Waals surface area contributed by atoms with Gasteiger partial charge in [-0.1, -0.05) is 19.1 Å². The number of hydrogen-bond acceptors (Lipinski definition) is 4. The zero-order valence-corrected chi connectivity index (χ0v) is 11.0. The second-order valence-corrected chi connectivity index (χ2v) is 4.69. The van der Waals surface area contributed by atoms with Crippen molar-refractivity contribution in [3.63, 3.8) is 0 Å². The van der Waals surface area contributed by atoms with E-state index in [2.05, 4.69) is 6.07 Å². The molecule has 0 saturated heterocycles. The number of nitrogens with zero attached hydrogens (tertiary/aromatic N) is 1. The second-order valence-electron chi connectivity index (χ2n) is 4.69. The van der Waals surface area contributed by atoms with Crippen LogP contribution >= 0.6 is 0 Å². The van der Waals surface area contributed by atoms with E-state index in [9.17, 15) is 10.1 Å². The van der Waals surface area contributed by atoms with Gasteiger partial charge in [0.25, 0.3) is 0 Å². The molecule has 0 bridgehead atoms. The Bertz CT molecular complexity index is 494. The highest BCUT2D eigenvalue weighted by atomic mass is 16.6. The summed E-state index contributed by atoms with van der Waals surface area (Å²) in [5, 5.41) is 9.50. The minimum Gasteiger partial charge on any atom is -0.486 e. The van der Waals surface area contributed by atoms with Crippen molar-refractivity contribution in [3.8, 4) is 17.6 Å². The van der Waals surface area contributed by atoms with Gasteiger partial charge in [-0.2, -0.15) is 5.26 Å². The molecule has 1 aliphatic heterocycles. The Balaban J connectivity index is 2.21. The maximum Gasteiger partial charge on any atom is 0.161 e. The molecule has 19 heavy (non-hydrogen) atoms. The fraction of sp³-hybridized carbons (Fsp3) is 0.467. The third-order valence-corrected chi connectivity index (χ3v) is 3.69. The first-order chi connectivity index (χ1) is 9.25. The lowest BCUT2D eigenvalue weighted by Crippen LogP contribution is -2.44. The van der Waals surface area contributed by atoms with Crippen molar-refractivity contribution in [2.45, 2.75) is 32.3 Å². The maximum absolute atomic E-state index is 10.6. The molecule has 2 atom stereocenters. The van der Waals surface area contributed by atoms with Crippen molar-refractivity contribution in [1.29, 1.82) is 5.26 Å². The number of aldehydes is 1. The van der Waals surface area contributed by atoms with Crippen LogP contribution in [0.2, 0.25) is 0 Å². The number of rotatable bonds is 5. The number of carbonyl (C=O) groups is 1. The van der Waals surface area contributed by atoms with Crippen molar-refractivity contribution in [2.75, 3.05) is 6.61 Å². The van der Waals surface area contributed by atoms with E-state index in [0.717, 1.165) is 6.29 Å². The number of benzene rings is 1. The lowest BCUT2D eigenvalue weighted by atomic mass is 9.77. The summed E-state index contributed by atoms with van der Waals surface area (Å²) >= 11 is 0. The normalized spacial score (nSPS) is 20.1. The molecule has 1 aliphatic rings. The van der Waals surface area contributed by atoms with E-state index in [1.807, 2.05) is 31.2 Å². The van der Waals surface area contributed by atoms with Gasteiger partial charge in [-0.05, 0) is 25.0 Å². The Labute approximate surface area is 112 Å².